The van der Waals surface area contributed by atoms with E-state index in [0.717, 1.165) is 24.5 Å². The highest BCUT2D eigenvalue weighted by Crippen LogP contribution is 2.29. The zero-order valence-electron chi connectivity index (χ0n) is 15.0. The minimum absolute atomic E-state index is 0.0947. The third-order valence-electron chi connectivity index (χ3n) is 4.97. The van der Waals surface area contributed by atoms with Gasteiger partial charge in [-0.2, -0.15) is 5.10 Å². The highest BCUT2D eigenvalue weighted by atomic mass is 16.5. The minimum Gasteiger partial charge on any atom is -0.396 e. The van der Waals surface area contributed by atoms with Gasteiger partial charge in [0, 0.05) is 24.3 Å². The number of aliphatic hydroxyl groups is 1. The van der Waals surface area contributed by atoms with Crippen LogP contribution in [0.25, 0.3) is 5.69 Å². The summed E-state index contributed by atoms with van der Waals surface area (Å²) < 4.78 is 7.34. The SMILES string of the molecule is Cc1ccccc1-n1nc(C)c(CN(C)CC2(CO)COC2)c1C. The Morgan fingerprint density at radius 1 is 1.25 bits per heavy atom. The van der Waals surface area contributed by atoms with E-state index in [9.17, 15) is 5.11 Å². The summed E-state index contributed by atoms with van der Waals surface area (Å²) in [6.45, 7) is 9.44. The Bertz CT molecular complexity index is 714. The van der Waals surface area contributed by atoms with E-state index in [0.29, 0.717) is 13.2 Å². The highest BCUT2D eigenvalue weighted by molar-refractivity contribution is 5.42. The van der Waals surface area contributed by atoms with Crippen molar-refractivity contribution in [1.82, 2.24) is 14.7 Å². The molecule has 1 aliphatic heterocycles. The van der Waals surface area contributed by atoms with Gasteiger partial charge in [-0.15, -0.1) is 0 Å². The van der Waals surface area contributed by atoms with Gasteiger partial charge in [0.05, 0.1) is 36.6 Å². The van der Waals surface area contributed by atoms with Crippen LogP contribution in [0.3, 0.4) is 0 Å². The molecule has 0 bridgehead atoms. The van der Waals surface area contributed by atoms with Crippen LogP contribution in [0, 0.1) is 26.2 Å². The fourth-order valence-electron chi connectivity index (χ4n) is 3.46. The zero-order valence-corrected chi connectivity index (χ0v) is 15.0. The number of rotatable bonds is 6. The molecular weight excluding hydrogens is 302 g/mol. The first-order valence-corrected chi connectivity index (χ1v) is 8.44. The average molecular weight is 329 g/mol. The monoisotopic (exact) mass is 329 g/mol. The van der Waals surface area contributed by atoms with Gasteiger partial charge in [0.15, 0.2) is 0 Å². The lowest BCUT2D eigenvalue weighted by molar-refractivity contribution is -0.147. The maximum atomic E-state index is 9.62. The van der Waals surface area contributed by atoms with Crippen LogP contribution in [0.15, 0.2) is 24.3 Å². The Morgan fingerprint density at radius 3 is 2.54 bits per heavy atom. The van der Waals surface area contributed by atoms with Crippen LogP contribution in [-0.2, 0) is 11.3 Å². The molecule has 130 valence electrons. The molecule has 1 fully saturated rings. The van der Waals surface area contributed by atoms with Gasteiger partial charge < -0.3 is 14.7 Å². The molecule has 0 radical (unpaired) electrons. The smallest absolute Gasteiger partial charge is 0.0678 e. The number of aliphatic hydroxyl groups excluding tert-OH is 1. The molecule has 3 rings (SSSR count). The highest BCUT2D eigenvalue weighted by Gasteiger charge is 2.39. The molecule has 2 heterocycles. The van der Waals surface area contributed by atoms with Gasteiger partial charge >= 0.3 is 0 Å². The number of nitrogens with zero attached hydrogens (tertiary/aromatic N) is 3. The van der Waals surface area contributed by atoms with Gasteiger partial charge in [0.1, 0.15) is 0 Å². The van der Waals surface area contributed by atoms with Gasteiger partial charge in [-0.1, -0.05) is 18.2 Å². The summed E-state index contributed by atoms with van der Waals surface area (Å²) in [7, 11) is 2.10. The van der Waals surface area contributed by atoms with Crippen LogP contribution < -0.4 is 0 Å². The quantitative estimate of drug-likeness (QED) is 0.883. The molecule has 1 aromatic heterocycles. The zero-order chi connectivity index (χ0) is 17.3. The molecule has 1 aliphatic rings. The summed E-state index contributed by atoms with van der Waals surface area (Å²) in [6, 6.07) is 8.31. The average Bonchev–Trinajstić information content (AvgIpc) is 2.79. The molecule has 0 unspecified atom stereocenters. The van der Waals surface area contributed by atoms with Crippen molar-refractivity contribution in [2.24, 2.45) is 5.41 Å². The number of aryl methyl sites for hydroxylation is 2. The van der Waals surface area contributed by atoms with Gasteiger partial charge in [-0.25, -0.2) is 4.68 Å². The lowest BCUT2D eigenvalue weighted by atomic mass is 9.86. The predicted octanol–water partition coefficient (Wildman–Crippen LogP) is 2.24. The van der Waals surface area contributed by atoms with Crippen LogP contribution in [0.1, 0.15) is 22.5 Å². The molecule has 1 N–H and O–H groups in total. The normalized spacial score (nSPS) is 16.4. The molecule has 1 aromatic carbocycles. The first kappa shape index (κ1) is 17.1. The first-order chi connectivity index (χ1) is 11.5. The van der Waals surface area contributed by atoms with Crippen molar-refractivity contribution in [1.29, 1.82) is 0 Å². The molecule has 0 saturated carbocycles. The number of benzene rings is 1. The van der Waals surface area contributed by atoms with Crippen LogP contribution in [0.2, 0.25) is 0 Å². The summed E-state index contributed by atoms with van der Waals surface area (Å²) in [5, 5.41) is 14.4. The van der Waals surface area contributed by atoms with Gasteiger partial charge in [0.25, 0.3) is 0 Å². The maximum absolute atomic E-state index is 9.62. The lowest BCUT2D eigenvalue weighted by Crippen LogP contribution is -2.52. The molecule has 0 spiro atoms. The Morgan fingerprint density at radius 2 is 1.96 bits per heavy atom. The van der Waals surface area contributed by atoms with Crippen molar-refractivity contribution >= 4 is 0 Å². The van der Waals surface area contributed by atoms with E-state index in [2.05, 4.69) is 44.9 Å². The number of hydrogen-bond donors (Lipinski definition) is 1. The fraction of sp³-hybridized carbons (Fsp3) is 0.526. The number of aromatic nitrogens is 2. The number of hydrogen-bond acceptors (Lipinski definition) is 4. The number of para-hydroxylation sites is 1. The van der Waals surface area contributed by atoms with Crippen molar-refractivity contribution in [3.05, 3.63) is 46.8 Å². The van der Waals surface area contributed by atoms with E-state index >= 15 is 0 Å². The van der Waals surface area contributed by atoms with E-state index in [1.807, 2.05) is 16.8 Å². The van der Waals surface area contributed by atoms with Crippen molar-refractivity contribution in [3.63, 3.8) is 0 Å². The second kappa shape index (κ2) is 6.67. The van der Waals surface area contributed by atoms with Crippen molar-refractivity contribution < 1.29 is 9.84 Å². The second-order valence-corrected chi connectivity index (χ2v) is 7.17. The third-order valence-corrected chi connectivity index (χ3v) is 4.97. The molecule has 0 atom stereocenters. The van der Waals surface area contributed by atoms with Crippen molar-refractivity contribution in [2.75, 3.05) is 33.4 Å². The molecule has 0 amide bonds. The van der Waals surface area contributed by atoms with E-state index in [-0.39, 0.29) is 12.0 Å². The standard InChI is InChI=1S/C19H27N3O2/c1-14-7-5-6-8-18(14)22-16(3)17(15(2)20-22)9-21(4)10-19(11-23)12-24-13-19/h5-8,23H,9-13H2,1-4H3. The van der Waals surface area contributed by atoms with Gasteiger partial charge in [0.2, 0.25) is 0 Å². The molecule has 24 heavy (non-hydrogen) atoms. The van der Waals surface area contributed by atoms with Crippen LogP contribution in [0.4, 0.5) is 0 Å². The summed E-state index contributed by atoms with van der Waals surface area (Å²) in [5.74, 6) is 0. The Labute approximate surface area is 143 Å². The predicted molar refractivity (Wildman–Crippen MR) is 94.4 cm³/mol. The van der Waals surface area contributed by atoms with E-state index in [4.69, 9.17) is 9.84 Å². The first-order valence-electron chi connectivity index (χ1n) is 8.44. The Kier molecular flexibility index (Phi) is 4.76. The lowest BCUT2D eigenvalue weighted by Gasteiger charge is -2.42. The maximum Gasteiger partial charge on any atom is 0.0678 e. The summed E-state index contributed by atoms with van der Waals surface area (Å²) >= 11 is 0. The third kappa shape index (κ3) is 3.11. The molecule has 5 heteroatoms. The Balaban J connectivity index is 1.81. The summed E-state index contributed by atoms with van der Waals surface area (Å²) in [5.41, 5.74) is 5.75. The topological polar surface area (TPSA) is 50.5 Å². The summed E-state index contributed by atoms with van der Waals surface area (Å²) in [6.07, 6.45) is 0. The summed E-state index contributed by atoms with van der Waals surface area (Å²) in [4.78, 5) is 2.26. The Hall–Kier alpha value is -1.69. The van der Waals surface area contributed by atoms with Gasteiger partial charge in [-0.05, 0) is 39.4 Å². The van der Waals surface area contributed by atoms with E-state index in [1.165, 1.54) is 16.8 Å². The van der Waals surface area contributed by atoms with Crippen LogP contribution >= 0.6 is 0 Å². The number of ether oxygens (including phenoxy) is 1. The van der Waals surface area contributed by atoms with Gasteiger partial charge in [-0.3, -0.25) is 0 Å². The molecule has 5 nitrogen and oxygen atoms in total. The largest absolute Gasteiger partial charge is 0.396 e. The van der Waals surface area contributed by atoms with E-state index < -0.39 is 0 Å². The molecule has 0 aliphatic carbocycles. The second-order valence-electron chi connectivity index (χ2n) is 7.17. The minimum atomic E-state index is -0.0947. The van der Waals surface area contributed by atoms with Crippen LogP contribution in [0.5, 0.6) is 0 Å². The van der Waals surface area contributed by atoms with Crippen molar-refractivity contribution in [3.8, 4) is 5.69 Å². The van der Waals surface area contributed by atoms with Crippen LogP contribution in [-0.4, -0.2) is 53.2 Å². The molecule has 2 aromatic rings. The molecular formula is C19H27N3O2. The fourth-order valence-corrected chi connectivity index (χ4v) is 3.46. The van der Waals surface area contributed by atoms with E-state index in [1.54, 1.807) is 0 Å². The molecule has 1 saturated heterocycles. The van der Waals surface area contributed by atoms with Crippen molar-refractivity contribution in [2.45, 2.75) is 27.3 Å².